The third kappa shape index (κ3) is 17.1. The average molecular weight is 2030 g/mol. The molecule has 0 amide bonds. The van der Waals surface area contributed by atoms with E-state index in [0.717, 1.165) is 224 Å². The van der Waals surface area contributed by atoms with E-state index in [9.17, 15) is 69.0 Å². The zero-order valence-corrected chi connectivity index (χ0v) is 90.4. The van der Waals surface area contributed by atoms with E-state index in [1.54, 1.807) is 20.8 Å². The first-order valence-electron chi connectivity index (χ1n) is 56.0. The van der Waals surface area contributed by atoms with E-state index in [0.29, 0.717) is 123 Å². The van der Waals surface area contributed by atoms with E-state index in [1.165, 1.54) is 97.3 Å². The Morgan fingerprint density at radius 1 is 0.406 bits per heavy atom. The number of halogens is 1. The number of fused-ring (bicyclic) bond motifs is 25. The van der Waals surface area contributed by atoms with Gasteiger partial charge in [-0.25, -0.2) is 0 Å². The Hall–Kier alpha value is -3.99. The van der Waals surface area contributed by atoms with Crippen LogP contribution in [0.5, 0.6) is 0 Å². The molecule has 0 bridgehead atoms. The number of hydrogen-bond donors (Lipinski definition) is 6. The minimum atomic E-state index is -1.67. The number of hydrogen-bond acceptors (Lipinski definition) is 18. The maximum Gasteiger partial charge on any atom is 0.310 e. The van der Waals surface area contributed by atoms with Gasteiger partial charge in [-0.3, -0.25) is 38.4 Å². The molecule has 1 aromatic rings. The Morgan fingerprint density at radius 2 is 0.812 bits per heavy atom. The number of carbonyl (C=O) groups excluding carboxylic acids is 8. The van der Waals surface area contributed by atoms with E-state index in [1.807, 2.05) is 24.3 Å². The summed E-state index contributed by atoms with van der Waals surface area (Å²) in [7, 11) is 0. The molecule has 772 valence electrons. The van der Waals surface area contributed by atoms with Crippen LogP contribution >= 0.6 is 22.6 Å². The van der Waals surface area contributed by atoms with E-state index in [2.05, 4.69) is 119 Å². The Labute approximate surface area is 842 Å². The molecule has 0 radical (unpaired) electrons. The van der Waals surface area contributed by atoms with Crippen molar-refractivity contribution in [2.45, 2.75) is 460 Å². The molecule has 18 nitrogen and oxygen atoms in total. The van der Waals surface area contributed by atoms with Gasteiger partial charge in [0.05, 0.1) is 30.0 Å². The highest BCUT2D eigenvalue weighted by molar-refractivity contribution is 14.1. The van der Waals surface area contributed by atoms with Gasteiger partial charge < -0.3 is 49.6 Å². The molecule has 0 heterocycles. The number of ketones is 5. The highest BCUT2D eigenvalue weighted by atomic mass is 127. The summed E-state index contributed by atoms with van der Waals surface area (Å²) >= 11 is 2.22. The molecule has 20 aliphatic rings. The van der Waals surface area contributed by atoms with E-state index in [4.69, 9.17) is 18.9 Å². The van der Waals surface area contributed by atoms with Gasteiger partial charge in [-0.2, -0.15) is 0 Å². The maximum absolute atomic E-state index is 13.1. The predicted octanol–water partition coefficient (Wildman–Crippen LogP) is 23.1. The van der Waals surface area contributed by atoms with Gasteiger partial charge >= 0.3 is 17.9 Å². The first-order valence-corrected chi connectivity index (χ1v) is 57.1. The second kappa shape index (κ2) is 38.0. The summed E-state index contributed by atoms with van der Waals surface area (Å²) in [5, 5.41) is 66.2. The number of aliphatic hydroxyl groups excluding tert-OH is 2. The van der Waals surface area contributed by atoms with Crippen LogP contribution in [0.15, 0.2) is 36.6 Å². The highest BCUT2D eigenvalue weighted by Crippen LogP contribution is 2.76. The lowest BCUT2D eigenvalue weighted by Crippen LogP contribution is -2.61. The zero-order chi connectivity index (χ0) is 99.8. The number of ether oxygens (including phenoxy) is 4. The van der Waals surface area contributed by atoms with Crippen LogP contribution in [0.3, 0.4) is 0 Å². The number of aliphatic hydroxyl groups is 6. The van der Waals surface area contributed by atoms with Crippen molar-refractivity contribution in [3.05, 3.63) is 45.7 Å². The first-order chi connectivity index (χ1) is 64.6. The van der Waals surface area contributed by atoms with Crippen molar-refractivity contribution in [2.24, 2.45) is 178 Å². The second-order valence-corrected chi connectivity index (χ2v) is 55.5. The summed E-state index contributed by atoms with van der Waals surface area (Å²) in [6, 6.07) is 7.74. The predicted molar refractivity (Wildman–Crippen MR) is 542 cm³/mol. The molecule has 20 aliphatic carbocycles. The summed E-state index contributed by atoms with van der Waals surface area (Å²) in [4.78, 5) is 98.9. The molecule has 0 aliphatic heterocycles. The van der Waals surface area contributed by atoms with Crippen LogP contribution < -0.4 is 0 Å². The molecule has 1 aromatic carbocycles. The number of esters is 3. The highest BCUT2D eigenvalue weighted by Gasteiger charge is 2.75. The summed E-state index contributed by atoms with van der Waals surface area (Å²) < 4.78 is 23.9. The topological polar surface area (TPSA) is 295 Å². The smallest absolute Gasteiger partial charge is 0.310 e. The fourth-order valence-corrected chi connectivity index (χ4v) is 41.3. The molecule has 20 fully saturated rings. The van der Waals surface area contributed by atoms with Crippen molar-refractivity contribution in [3.8, 4) is 0 Å². The molecule has 138 heavy (non-hydrogen) atoms. The molecule has 20 saturated carbocycles. The van der Waals surface area contributed by atoms with Gasteiger partial charge in [0.25, 0.3) is 0 Å². The summed E-state index contributed by atoms with van der Waals surface area (Å²) in [5.41, 5.74) is -3.36. The SMILES string of the molecule is C=C(C)OCC(=O)C1(O)CCC2C3CCC4CC(=O)CCC4(C)C3CCC21C.CC(=O)C1(O)C(C)CC2C3CCC4C[C@@H](O)CCC4(C)C3CCC21C.CC(=O)OC1(C)CCC2C3CCC4CC(=O)CCC4(C)C3CCC21C.CC(=O)OC1CCC2(C)C(CCC3C2CCC2(C)C3CC(OC(=O)Cc3cccc(I)c3)C2(O)C(C)=O)C1.CC12CCC(O)CC1CCC1C2CCC2(C)C1CCC2(C)O. The zero-order valence-electron chi connectivity index (χ0n) is 88.2. The van der Waals surface area contributed by atoms with Gasteiger partial charge in [0.1, 0.15) is 47.2 Å². The molecule has 40 atom stereocenters. The lowest BCUT2D eigenvalue weighted by Gasteiger charge is -2.61. The maximum atomic E-state index is 13.1. The van der Waals surface area contributed by atoms with Crippen LogP contribution in [0.25, 0.3) is 0 Å². The van der Waals surface area contributed by atoms with Gasteiger partial charge in [0, 0.05) is 64.8 Å². The number of allylic oxidation sites excluding steroid dienone is 1. The fraction of sp³-hybridized carbons (Fsp3) is 0.866. The molecular formula is C119H181IO18. The van der Waals surface area contributed by atoms with Gasteiger partial charge in [0.2, 0.25) is 5.78 Å². The quantitative estimate of drug-likeness (QED) is 0.0519. The number of rotatable bonds is 11. The van der Waals surface area contributed by atoms with Crippen molar-refractivity contribution in [2.75, 3.05) is 6.61 Å². The van der Waals surface area contributed by atoms with E-state index in [-0.39, 0.29) is 111 Å². The van der Waals surface area contributed by atoms with E-state index >= 15 is 0 Å². The number of Topliss-reactive ketones (excluding diaryl/α,β-unsaturated/α-hetero) is 5. The lowest BCUT2D eigenvalue weighted by molar-refractivity contribution is -0.191. The molecule has 0 aromatic heterocycles. The van der Waals surface area contributed by atoms with Crippen LogP contribution in [0.4, 0.5) is 0 Å². The Morgan fingerprint density at radius 3 is 1.29 bits per heavy atom. The Kier molecular flexibility index (Phi) is 29.0. The van der Waals surface area contributed by atoms with Crippen molar-refractivity contribution in [1.82, 2.24) is 0 Å². The third-order valence-corrected chi connectivity index (χ3v) is 49.7. The Balaban J connectivity index is 0.000000121. The summed E-state index contributed by atoms with van der Waals surface area (Å²) in [5.74, 6) is 12.3. The van der Waals surface area contributed by atoms with Crippen molar-refractivity contribution in [1.29, 1.82) is 0 Å². The van der Waals surface area contributed by atoms with Crippen LogP contribution in [-0.4, -0.2) is 136 Å². The first kappa shape index (κ1) is 105. The van der Waals surface area contributed by atoms with Gasteiger partial charge in [-0.05, 0) is 482 Å². The Bertz CT molecular complexity index is 4770. The third-order valence-electron chi connectivity index (χ3n) is 49.1. The molecule has 21 rings (SSSR count). The van der Waals surface area contributed by atoms with Crippen molar-refractivity contribution >= 4 is 69.4 Å². The number of carbonyl (C=O) groups is 8. The van der Waals surface area contributed by atoms with Crippen molar-refractivity contribution in [3.63, 3.8) is 0 Å². The molecule has 39 unspecified atom stereocenters. The standard InChI is InChI=1S/C31H41IO6.C24H36O4.C22H34O3.C22H36O3.C20H34O2/c1-18(33)31(36)27(38-28(35)15-20-6-5-7-22(32)14-20)17-26-24-9-8-21-16-23(37-19(2)34)10-12-29(21,3)25(24)11-13-30(26,31)4;1-15(2)28-14-21(26)24(27)12-9-20-18-6-5-16-13-17(25)7-10-22(16,3)19(18)8-11-23(20,24)4;1-14(23)25-22(4)12-9-19-17-6-5-15-13-16(24)7-10-20(15,2)18(17)8-11-21(19,22)3;1-13-11-19-17-6-5-15-12-16(24)7-9-20(15,3)18(17)8-10-21(19,4)22(13,25)14(2)23;1-18-9-6-14(21)12-13(18)4-5-15-16(18)7-10-19(2)17(15)8-11-20(19,3)22/h5-7,14,21,23-27,36H,8-13,15-17H2,1-4H3;16,18-20,27H,1,5-14H2,2-4H3;15,17-19H,5-13H2,1-4H3;13,15-19,24-25H,5-12H2,1-4H3;13-17,21-22H,4-12H2,1-3H3/t;;;13?,15?,16-,17?,18?,19?,20?,21?,22?;/m...0./s1. The number of benzene rings is 1. The van der Waals surface area contributed by atoms with Crippen LogP contribution in [0.2, 0.25) is 0 Å². The van der Waals surface area contributed by atoms with Crippen molar-refractivity contribution < 1.29 is 87.9 Å². The molecule has 6 N–H and O–H groups in total. The lowest BCUT2D eigenvalue weighted by atomic mass is 9.44. The van der Waals surface area contributed by atoms with Crippen LogP contribution in [-0.2, 0) is 63.7 Å². The summed E-state index contributed by atoms with van der Waals surface area (Å²) in [6.07, 6.45) is 43.7. The minimum absolute atomic E-state index is 0.0157. The largest absolute Gasteiger partial charge is 0.491 e. The molecule has 0 saturated heterocycles. The average Bonchev–Trinajstić information content (AvgIpc) is 1.53. The second-order valence-electron chi connectivity index (χ2n) is 54.2. The fourth-order valence-electron chi connectivity index (χ4n) is 40.7. The monoisotopic (exact) mass is 2030 g/mol. The molecule has 19 heteroatoms. The van der Waals surface area contributed by atoms with Gasteiger partial charge in [0.15, 0.2) is 17.2 Å². The van der Waals surface area contributed by atoms with E-state index < -0.39 is 39.9 Å². The minimum Gasteiger partial charge on any atom is -0.491 e. The normalized spacial score (nSPS) is 50.9. The summed E-state index contributed by atoms with van der Waals surface area (Å²) in [6.45, 7) is 41.4. The van der Waals surface area contributed by atoms with Crippen LogP contribution in [0.1, 0.15) is 406 Å². The van der Waals surface area contributed by atoms with Crippen LogP contribution in [0, 0.1) is 182 Å². The van der Waals surface area contributed by atoms with Gasteiger partial charge in [-0.15, -0.1) is 0 Å². The molecular weight excluding hydrogens is 1840 g/mol. The molecule has 0 spiro atoms. The van der Waals surface area contributed by atoms with Gasteiger partial charge in [-0.1, -0.05) is 94.9 Å².